The minimum Gasteiger partial charge on any atom is -0.489 e. The van der Waals surface area contributed by atoms with Crippen LogP contribution in [0.5, 0.6) is 5.75 Å². The molecule has 0 N–H and O–H groups in total. The zero-order valence-corrected chi connectivity index (χ0v) is 17.4. The van der Waals surface area contributed by atoms with Gasteiger partial charge in [0.1, 0.15) is 18.2 Å². The van der Waals surface area contributed by atoms with Crippen LogP contribution >= 0.6 is 0 Å². The van der Waals surface area contributed by atoms with Crippen LogP contribution in [0.2, 0.25) is 0 Å². The van der Waals surface area contributed by atoms with Crippen LogP contribution in [0.15, 0.2) is 36.4 Å². The zero-order chi connectivity index (χ0) is 20.6. The zero-order valence-electron chi connectivity index (χ0n) is 17.4. The Kier molecular flexibility index (Phi) is 7.50. The van der Waals surface area contributed by atoms with E-state index in [4.69, 9.17) is 9.47 Å². The average Bonchev–Trinajstić information content (AvgIpc) is 2.72. The number of anilines is 1. The summed E-state index contributed by atoms with van der Waals surface area (Å²) in [6.45, 7) is 6.74. The van der Waals surface area contributed by atoms with Crippen molar-refractivity contribution in [2.24, 2.45) is 0 Å². The van der Waals surface area contributed by atoms with Gasteiger partial charge in [0, 0.05) is 31.3 Å². The molecule has 1 aliphatic rings. The Hall–Kier alpha value is -2.56. The van der Waals surface area contributed by atoms with Crippen molar-refractivity contribution in [3.8, 4) is 5.75 Å². The van der Waals surface area contributed by atoms with Gasteiger partial charge in [-0.15, -0.1) is 0 Å². The molecule has 4 nitrogen and oxygen atoms in total. The van der Waals surface area contributed by atoms with Crippen LogP contribution in [0.25, 0.3) is 0 Å². The Morgan fingerprint density at radius 2 is 2.03 bits per heavy atom. The van der Waals surface area contributed by atoms with Gasteiger partial charge in [-0.1, -0.05) is 25.1 Å². The van der Waals surface area contributed by atoms with Gasteiger partial charge >= 0.3 is 5.97 Å². The number of aryl methyl sites for hydroxylation is 2. The van der Waals surface area contributed by atoms with Crippen molar-refractivity contribution in [3.63, 3.8) is 0 Å². The van der Waals surface area contributed by atoms with E-state index in [2.05, 4.69) is 24.0 Å². The van der Waals surface area contributed by atoms with Crippen LogP contribution in [-0.4, -0.2) is 25.7 Å². The molecule has 0 aliphatic carbocycles. The molecular formula is C24H30FNO3. The highest BCUT2D eigenvalue weighted by Crippen LogP contribution is 2.31. The topological polar surface area (TPSA) is 38.8 Å². The molecule has 0 atom stereocenters. The van der Waals surface area contributed by atoms with Crippen molar-refractivity contribution in [3.05, 3.63) is 58.9 Å². The SMILES string of the molecule is CCCN1CCCc2ccc(OCc3ccc(CCC(=O)OCC)c(F)c3)cc21. The first-order valence-electron chi connectivity index (χ1n) is 10.5. The van der Waals surface area contributed by atoms with Crippen LogP contribution in [0.1, 0.15) is 49.8 Å². The number of rotatable bonds is 9. The molecule has 2 aromatic carbocycles. The molecule has 5 heteroatoms. The first-order chi connectivity index (χ1) is 14.1. The predicted molar refractivity (Wildman–Crippen MR) is 113 cm³/mol. The summed E-state index contributed by atoms with van der Waals surface area (Å²) in [5, 5.41) is 0. The molecular weight excluding hydrogens is 369 g/mol. The number of esters is 1. The van der Waals surface area contributed by atoms with Crippen molar-refractivity contribution < 1.29 is 18.7 Å². The summed E-state index contributed by atoms with van der Waals surface area (Å²) in [7, 11) is 0. The van der Waals surface area contributed by atoms with Crippen LogP contribution < -0.4 is 9.64 Å². The van der Waals surface area contributed by atoms with E-state index in [1.165, 1.54) is 23.7 Å². The first kappa shape index (κ1) is 21.2. The second-order valence-corrected chi connectivity index (χ2v) is 7.40. The third-order valence-electron chi connectivity index (χ3n) is 5.19. The molecule has 0 amide bonds. The molecule has 0 saturated heterocycles. The molecule has 1 aliphatic heterocycles. The number of carbonyl (C=O) groups excluding carboxylic acids is 1. The molecule has 0 saturated carbocycles. The number of hydrogen-bond acceptors (Lipinski definition) is 4. The number of carbonyl (C=O) groups is 1. The van der Waals surface area contributed by atoms with Crippen molar-refractivity contribution in [1.29, 1.82) is 0 Å². The Morgan fingerprint density at radius 3 is 2.79 bits per heavy atom. The highest BCUT2D eigenvalue weighted by molar-refractivity contribution is 5.69. The smallest absolute Gasteiger partial charge is 0.306 e. The van der Waals surface area contributed by atoms with E-state index in [-0.39, 0.29) is 18.2 Å². The standard InChI is InChI=1S/C24H30FNO3/c1-3-13-26-14-5-6-20-9-11-21(16-23(20)26)29-17-18-7-8-19(22(25)15-18)10-12-24(27)28-4-2/h7-9,11,15-16H,3-6,10,12-14,17H2,1-2H3. The fourth-order valence-electron chi connectivity index (χ4n) is 3.74. The van der Waals surface area contributed by atoms with Gasteiger partial charge in [-0.25, -0.2) is 4.39 Å². The largest absolute Gasteiger partial charge is 0.489 e. The molecule has 0 bridgehead atoms. The van der Waals surface area contributed by atoms with E-state index in [1.807, 2.05) is 12.1 Å². The normalized spacial score (nSPS) is 13.1. The van der Waals surface area contributed by atoms with Gasteiger partial charge in [0.05, 0.1) is 6.61 Å². The number of halogens is 1. The van der Waals surface area contributed by atoms with E-state index >= 15 is 0 Å². The van der Waals surface area contributed by atoms with Gasteiger partial charge in [-0.05, 0) is 61.4 Å². The number of nitrogens with zero attached hydrogens (tertiary/aromatic N) is 1. The molecule has 0 radical (unpaired) electrons. The molecule has 0 fully saturated rings. The molecule has 0 aromatic heterocycles. The summed E-state index contributed by atoms with van der Waals surface area (Å²) in [6, 6.07) is 11.3. The molecule has 3 rings (SSSR count). The van der Waals surface area contributed by atoms with Gasteiger partial charge in [-0.3, -0.25) is 4.79 Å². The van der Waals surface area contributed by atoms with E-state index in [9.17, 15) is 9.18 Å². The van der Waals surface area contributed by atoms with Gasteiger partial charge in [0.15, 0.2) is 0 Å². The number of benzene rings is 2. The van der Waals surface area contributed by atoms with Crippen molar-refractivity contribution in [1.82, 2.24) is 0 Å². The van der Waals surface area contributed by atoms with Crippen LogP contribution in [0.3, 0.4) is 0 Å². The van der Waals surface area contributed by atoms with Crippen LogP contribution in [0, 0.1) is 5.82 Å². The monoisotopic (exact) mass is 399 g/mol. The van der Waals surface area contributed by atoms with Gasteiger partial charge in [-0.2, -0.15) is 0 Å². The minimum atomic E-state index is -0.310. The summed E-state index contributed by atoms with van der Waals surface area (Å²) in [4.78, 5) is 13.9. The highest BCUT2D eigenvalue weighted by Gasteiger charge is 2.17. The highest BCUT2D eigenvalue weighted by atomic mass is 19.1. The summed E-state index contributed by atoms with van der Waals surface area (Å²) in [5.74, 6) is 0.192. The van der Waals surface area contributed by atoms with Crippen molar-refractivity contribution in [2.75, 3.05) is 24.6 Å². The maximum atomic E-state index is 14.4. The second-order valence-electron chi connectivity index (χ2n) is 7.40. The van der Waals surface area contributed by atoms with Crippen LogP contribution in [-0.2, 0) is 29.0 Å². The Balaban J connectivity index is 1.61. The lowest BCUT2D eigenvalue weighted by Gasteiger charge is -2.31. The molecule has 29 heavy (non-hydrogen) atoms. The maximum absolute atomic E-state index is 14.4. The van der Waals surface area contributed by atoms with Crippen molar-refractivity contribution in [2.45, 2.75) is 52.6 Å². The summed E-state index contributed by atoms with van der Waals surface area (Å²) < 4.78 is 25.2. The molecule has 156 valence electrons. The maximum Gasteiger partial charge on any atom is 0.306 e. The summed E-state index contributed by atoms with van der Waals surface area (Å²) in [5.41, 5.74) is 3.92. The summed E-state index contributed by atoms with van der Waals surface area (Å²) in [6.07, 6.45) is 3.93. The number of ether oxygens (including phenoxy) is 2. The number of fused-ring (bicyclic) bond motifs is 1. The third-order valence-corrected chi connectivity index (χ3v) is 5.19. The average molecular weight is 400 g/mol. The third kappa shape index (κ3) is 5.72. The summed E-state index contributed by atoms with van der Waals surface area (Å²) >= 11 is 0. The molecule has 1 heterocycles. The van der Waals surface area contributed by atoms with E-state index < -0.39 is 0 Å². The van der Waals surface area contributed by atoms with Gasteiger partial charge in [0.25, 0.3) is 0 Å². The quantitative estimate of drug-likeness (QED) is 0.552. The lowest BCUT2D eigenvalue weighted by molar-refractivity contribution is -0.143. The van der Waals surface area contributed by atoms with Gasteiger partial charge in [0.2, 0.25) is 0 Å². The molecule has 0 spiro atoms. The van der Waals surface area contributed by atoms with E-state index in [0.717, 1.165) is 37.2 Å². The van der Waals surface area contributed by atoms with E-state index in [1.54, 1.807) is 13.0 Å². The Labute approximate surface area is 172 Å². The lowest BCUT2D eigenvalue weighted by Crippen LogP contribution is -2.29. The Bertz CT molecular complexity index is 837. The lowest BCUT2D eigenvalue weighted by atomic mass is 10.0. The molecule has 0 unspecified atom stereocenters. The van der Waals surface area contributed by atoms with Crippen LogP contribution in [0.4, 0.5) is 10.1 Å². The fourth-order valence-corrected chi connectivity index (χ4v) is 3.74. The fraction of sp³-hybridized carbons (Fsp3) is 0.458. The Morgan fingerprint density at radius 1 is 1.17 bits per heavy atom. The van der Waals surface area contributed by atoms with Gasteiger partial charge < -0.3 is 14.4 Å². The first-order valence-corrected chi connectivity index (χ1v) is 10.5. The van der Waals surface area contributed by atoms with Crippen molar-refractivity contribution >= 4 is 11.7 Å². The second kappa shape index (κ2) is 10.3. The minimum absolute atomic E-state index is 0.185. The predicted octanol–water partition coefficient (Wildman–Crippen LogP) is 5.06. The molecule has 2 aromatic rings. The van der Waals surface area contributed by atoms with E-state index in [0.29, 0.717) is 25.2 Å². The number of hydrogen-bond donors (Lipinski definition) is 0.